The van der Waals surface area contributed by atoms with E-state index in [2.05, 4.69) is 18.7 Å². The molecule has 150 valence electrons. The number of hydrogen-bond acceptors (Lipinski definition) is 3. The summed E-state index contributed by atoms with van der Waals surface area (Å²) in [6.45, 7) is 9.01. The van der Waals surface area contributed by atoms with E-state index in [1.54, 1.807) is 0 Å². The Morgan fingerprint density at radius 1 is 1.15 bits per heavy atom. The maximum atomic E-state index is 13.2. The van der Waals surface area contributed by atoms with Crippen LogP contribution in [0, 0.1) is 17.8 Å². The number of nitrogens with zero attached hydrogens (tertiary/aromatic N) is 2. The van der Waals surface area contributed by atoms with Crippen LogP contribution in [-0.2, 0) is 9.59 Å². The van der Waals surface area contributed by atoms with Crippen molar-refractivity contribution >= 4 is 29.1 Å². The molecule has 1 aromatic rings. The Bertz CT molecular complexity index is 642. The third-order valence-corrected chi connectivity index (χ3v) is 5.49. The summed E-state index contributed by atoms with van der Waals surface area (Å²) in [5, 5.41) is 0.715. The SMILES string of the molecule is CCCC(C(N)=O)C(CC(C)C)C(=O)N1CCN(c2cccc(Cl)c2)CC1. The zero-order chi connectivity index (χ0) is 20.0. The first-order valence-corrected chi connectivity index (χ1v) is 10.3. The van der Waals surface area contributed by atoms with Crippen LogP contribution in [-0.4, -0.2) is 42.9 Å². The van der Waals surface area contributed by atoms with Crippen LogP contribution in [0.5, 0.6) is 0 Å². The van der Waals surface area contributed by atoms with Crippen LogP contribution in [0.4, 0.5) is 5.69 Å². The van der Waals surface area contributed by atoms with E-state index in [4.69, 9.17) is 17.3 Å². The number of amides is 2. The lowest BCUT2D eigenvalue weighted by Crippen LogP contribution is -2.52. The minimum Gasteiger partial charge on any atom is -0.369 e. The van der Waals surface area contributed by atoms with Crippen LogP contribution in [0.15, 0.2) is 24.3 Å². The number of rotatable bonds is 8. The average Bonchev–Trinajstić information content (AvgIpc) is 2.63. The molecule has 1 aliphatic heterocycles. The van der Waals surface area contributed by atoms with Gasteiger partial charge in [-0.05, 0) is 37.0 Å². The zero-order valence-corrected chi connectivity index (χ0v) is 17.4. The molecule has 5 nitrogen and oxygen atoms in total. The van der Waals surface area contributed by atoms with Gasteiger partial charge in [-0.2, -0.15) is 0 Å². The minimum atomic E-state index is -0.379. The van der Waals surface area contributed by atoms with Gasteiger partial charge in [-0.3, -0.25) is 9.59 Å². The highest BCUT2D eigenvalue weighted by molar-refractivity contribution is 6.30. The summed E-state index contributed by atoms with van der Waals surface area (Å²) in [7, 11) is 0. The molecule has 1 saturated heterocycles. The Morgan fingerprint density at radius 2 is 1.81 bits per heavy atom. The Morgan fingerprint density at radius 3 is 2.33 bits per heavy atom. The molecule has 2 unspecified atom stereocenters. The highest BCUT2D eigenvalue weighted by atomic mass is 35.5. The van der Waals surface area contributed by atoms with Gasteiger partial charge in [0.15, 0.2) is 0 Å². The van der Waals surface area contributed by atoms with E-state index in [0.29, 0.717) is 36.9 Å². The molecule has 1 heterocycles. The van der Waals surface area contributed by atoms with Gasteiger partial charge < -0.3 is 15.5 Å². The molecule has 1 fully saturated rings. The lowest BCUT2D eigenvalue weighted by Gasteiger charge is -2.39. The molecule has 2 N–H and O–H groups in total. The first-order valence-electron chi connectivity index (χ1n) is 9.92. The van der Waals surface area contributed by atoms with Gasteiger partial charge in [0.1, 0.15) is 0 Å². The zero-order valence-electron chi connectivity index (χ0n) is 16.7. The van der Waals surface area contributed by atoms with Gasteiger partial charge in [-0.25, -0.2) is 0 Å². The summed E-state index contributed by atoms with van der Waals surface area (Å²) < 4.78 is 0. The summed E-state index contributed by atoms with van der Waals surface area (Å²) in [4.78, 5) is 29.4. The van der Waals surface area contributed by atoms with Crippen molar-refractivity contribution in [1.29, 1.82) is 0 Å². The fraction of sp³-hybridized carbons (Fsp3) is 0.619. The van der Waals surface area contributed by atoms with Gasteiger partial charge >= 0.3 is 0 Å². The predicted molar refractivity (Wildman–Crippen MR) is 111 cm³/mol. The van der Waals surface area contributed by atoms with Crippen molar-refractivity contribution in [1.82, 2.24) is 4.90 Å². The third-order valence-electron chi connectivity index (χ3n) is 5.26. The highest BCUT2D eigenvalue weighted by Gasteiger charge is 2.36. The summed E-state index contributed by atoms with van der Waals surface area (Å²) >= 11 is 6.09. The van der Waals surface area contributed by atoms with Crippen molar-refractivity contribution in [3.63, 3.8) is 0 Å². The van der Waals surface area contributed by atoms with E-state index in [9.17, 15) is 9.59 Å². The number of carbonyl (C=O) groups excluding carboxylic acids is 2. The number of hydrogen-bond donors (Lipinski definition) is 1. The summed E-state index contributed by atoms with van der Waals surface area (Å²) in [6, 6.07) is 7.79. The van der Waals surface area contributed by atoms with Crippen LogP contribution < -0.4 is 10.6 Å². The second-order valence-electron chi connectivity index (χ2n) is 7.83. The molecular formula is C21H32ClN3O2. The molecule has 2 amide bonds. The number of primary amides is 1. The number of halogens is 1. The lowest BCUT2D eigenvalue weighted by molar-refractivity contribution is -0.142. The third kappa shape index (κ3) is 5.86. The van der Waals surface area contributed by atoms with Crippen molar-refractivity contribution in [2.24, 2.45) is 23.5 Å². The molecule has 27 heavy (non-hydrogen) atoms. The van der Waals surface area contributed by atoms with Crippen molar-refractivity contribution in [3.05, 3.63) is 29.3 Å². The quantitative estimate of drug-likeness (QED) is 0.734. The van der Waals surface area contributed by atoms with Crippen LogP contribution in [0.3, 0.4) is 0 Å². The van der Waals surface area contributed by atoms with Crippen molar-refractivity contribution in [2.45, 2.75) is 40.0 Å². The fourth-order valence-electron chi connectivity index (χ4n) is 3.89. The molecule has 1 aromatic carbocycles. The molecular weight excluding hydrogens is 362 g/mol. The van der Waals surface area contributed by atoms with E-state index in [-0.39, 0.29) is 23.7 Å². The van der Waals surface area contributed by atoms with Crippen LogP contribution in [0.25, 0.3) is 0 Å². The molecule has 1 aliphatic rings. The van der Waals surface area contributed by atoms with E-state index in [0.717, 1.165) is 25.2 Å². The summed E-state index contributed by atoms with van der Waals surface area (Å²) in [5.41, 5.74) is 6.73. The van der Waals surface area contributed by atoms with Crippen molar-refractivity contribution in [3.8, 4) is 0 Å². The van der Waals surface area contributed by atoms with Gasteiger partial charge in [-0.1, -0.05) is 44.9 Å². The van der Waals surface area contributed by atoms with E-state index in [1.165, 1.54) is 0 Å². The van der Waals surface area contributed by atoms with Gasteiger partial charge in [-0.15, -0.1) is 0 Å². The van der Waals surface area contributed by atoms with Gasteiger partial charge in [0.2, 0.25) is 11.8 Å². The number of anilines is 1. The Kier molecular flexibility index (Phi) is 7.96. The number of nitrogens with two attached hydrogens (primary N) is 1. The topological polar surface area (TPSA) is 66.6 Å². The Labute approximate surface area is 167 Å². The monoisotopic (exact) mass is 393 g/mol. The van der Waals surface area contributed by atoms with Crippen molar-refractivity contribution in [2.75, 3.05) is 31.1 Å². The molecule has 0 aromatic heterocycles. The predicted octanol–water partition coefficient (Wildman–Crippen LogP) is 3.55. The first kappa shape index (κ1) is 21.5. The second kappa shape index (κ2) is 9.98. The average molecular weight is 394 g/mol. The molecule has 0 bridgehead atoms. The second-order valence-corrected chi connectivity index (χ2v) is 8.26. The molecule has 6 heteroatoms. The van der Waals surface area contributed by atoms with Gasteiger partial charge in [0.25, 0.3) is 0 Å². The molecule has 2 rings (SSSR count). The standard InChI is InChI=1S/C21H32ClN3O2/c1-4-6-18(20(23)26)19(13-15(2)3)21(27)25-11-9-24(10-12-25)17-8-5-7-16(22)14-17/h5,7-8,14-15,18-19H,4,6,9-13H2,1-3H3,(H2,23,26). The fourth-order valence-corrected chi connectivity index (χ4v) is 4.07. The highest BCUT2D eigenvalue weighted by Crippen LogP contribution is 2.28. The summed E-state index contributed by atoms with van der Waals surface area (Å²) in [6.07, 6.45) is 2.21. The summed E-state index contributed by atoms with van der Waals surface area (Å²) in [5.74, 6) is -0.637. The largest absolute Gasteiger partial charge is 0.369 e. The normalized spacial score (nSPS) is 17.1. The van der Waals surface area contributed by atoms with E-state index in [1.807, 2.05) is 36.1 Å². The number of benzene rings is 1. The van der Waals surface area contributed by atoms with Gasteiger partial charge in [0, 0.05) is 48.7 Å². The number of carbonyl (C=O) groups is 2. The smallest absolute Gasteiger partial charge is 0.226 e. The Hall–Kier alpha value is -1.75. The lowest BCUT2D eigenvalue weighted by atomic mass is 9.81. The molecule has 0 saturated carbocycles. The van der Waals surface area contributed by atoms with Crippen LogP contribution in [0.2, 0.25) is 5.02 Å². The van der Waals surface area contributed by atoms with Crippen LogP contribution >= 0.6 is 11.6 Å². The maximum absolute atomic E-state index is 13.2. The Balaban J connectivity index is 2.06. The maximum Gasteiger partial charge on any atom is 0.226 e. The molecule has 0 radical (unpaired) electrons. The van der Waals surface area contributed by atoms with E-state index < -0.39 is 0 Å². The van der Waals surface area contributed by atoms with Crippen LogP contribution in [0.1, 0.15) is 40.0 Å². The van der Waals surface area contributed by atoms with Crippen molar-refractivity contribution < 1.29 is 9.59 Å². The molecule has 0 spiro atoms. The first-order chi connectivity index (χ1) is 12.8. The molecule has 2 atom stereocenters. The minimum absolute atomic E-state index is 0.0756. The van der Waals surface area contributed by atoms with Gasteiger partial charge in [0.05, 0.1) is 0 Å². The van der Waals surface area contributed by atoms with E-state index >= 15 is 0 Å². The molecule has 0 aliphatic carbocycles. The number of piperazine rings is 1.